The number of carboxylic acid groups (broad SMARTS) is 1. The molecule has 1 aromatic rings. The first kappa shape index (κ1) is 17.3. The lowest BCUT2D eigenvalue weighted by molar-refractivity contribution is -0.142. The highest BCUT2D eigenvalue weighted by molar-refractivity contribution is 14.1. The lowest BCUT2D eigenvalue weighted by Gasteiger charge is -2.14. The zero-order valence-electron chi connectivity index (χ0n) is 11.1. The summed E-state index contributed by atoms with van der Waals surface area (Å²) in [5.41, 5.74) is 0.168. The number of benzene rings is 1. The van der Waals surface area contributed by atoms with Crippen molar-refractivity contribution in [3.63, 3.8) is 0 Å². The van der Waals surface area contributed by atoms with Gasteiger partial charge in [0.25, 0.3) is 5.91 Å². The zero-order chi connectivity index (χ0) is 16.0. The van der Waals surface area contributed by atoms with E-state index < -0.39 is 29.7 Å². The van der Waals surface area contributed by atoms with E-state index in [2.05, 4.69) is 10.1 Å². The van der Waals surface area contributed by atoms with E-state index in [9.17, 15) is 18.8 Å². The van der Waals surface area contributed by atoms with Gasteiger partial charge in [-0.2, -0.15) is 0 Å². The van der Waals surface area contributed by atoms with Crippen LogP contribution in [-0.2, 0) is 14.3 Å². The molecule has 6 nitrogen and oxygen atoms in total. The molecule has 0 saturated heterocycles. The molecular weight excluding hydrogens is 396 g/mol. The number of methoxy groups -OCH3 is 1. The van der Waals surface area contributed by atoms with Gasteiger partial charge < -0.3 is 15.2 Å². The van der Waals surface area contributed by atoms with E-state index in [0.29, 0.717) is 3.57 Å². The number of esters is 1. The highest BCUT2D eigenvalue weighted by atomic mass is 127. The molecule has 0 aromatic heterocycles. The van der Waals surface area contributed by atoms with Gasteiger partial charge in [0, 0.05) is 9.99 Å². The van der Waals surface area contributed by atoms with Gasteiger partial charge in [0.1, 0.15) is 11.9 Å². The predicted octanol–water partition coefficient (Wildman–Crippen LogP) is 1.57. The number of nitrogens with one attached hydrogen (secondary N) is 1. The second kappa shape index (κ2) is 7.91. The van der Waals surface area contributed by atoms with Gasteiger partial charge in [-0.05, 0) is 47.2 Å². The van der Waals surface area contributed by atoms with E-state index in [4.69, 9.17) is 5.11 Å². The summed E-state index contributed by atoms with van der Waals surface area (Å²) in [6.45, 7) is 0. The summed E-state index contributed by atoms with van der Waals surface area (Å²) in [7, 11) is 1.19. The molecule has 2 N–H and O–H groups in total. The van der Waals surface area contributed by atoms with Crippen LogP contribution in [0.15, 0.2) is 18.2 Å². The lowest BCUT2D eigenvalue weighted by Crippen LogP contribution is -2.41. The summed E-state index contributed by atoms with van der Waals surface area (Å²) in [6, 6.07) is 2.32. The Kier molecular flexibility index (Phi) is 6.53. The fraction of sp³-hybridized carbons (Fsp3) is 0.308. The molecule has 1 atom stereocenters. The van der Waals surface area contributed by atoms with E-state index in [1.165, 1.54) is 19.2 Å². The molecule has 0 bridgehead atoms. The molecule has 0 saturated carbocycles. The number of carboxylic acids is 1. The molecule has 1 rings (SSSR count). The van der Waals surface area contributed by atoms with Gasteiger partial charge in [-0.3, -0.25) is 9.59 Å². The Bertz CT molecular complexity index is 563. The molecule has 0 aliphatic heterocycles. The van der Waals surface area contributed by atoms with Crippen LogP contribution in [-0.4, -0.2) is 36.1 Å². The summed E-state index contributed by atoms with van der Waals surface area (Å²) < 4.78 is 17.7. The van der Waals surface area contributed by atoms with Crippen molar-refractivity contribution in [2.45, 2.75) is 18.9 Å². The second-order valence-electron chi connectivity index (χ2n) is 4.10. The minimum atomic E-state index is -1.26. The van der Waals surface area contributed by atoms with E-state index in [1.807, 2.05) is 0 Å². The molecule has 0 radical (unpaired) electrons. The summed E-state index contributed by atoms with van der Waals surface area (Å²) >= 11 is 1.78. The first-order chi connectivity index (χ1) is 9.85. The topological polar surface area (TPSA) is 92.7 Å². The summed E-state index contributed by atoms with van der Waals surface area (Å²) in [6.07, 6.45) is -0.222. The maximum Gasteiger partial charge on any atom is 0.326 e. The third-order valence-electron chi connectivity index (χ3n) is 2.64. The van der Waals surface area contributed by atoms with Gasteiger partial charge in [-0.15, -0.1) is 0 Å². The van der Waals surface area contributed by atoms with Gasteiger partial charge >= 0.3 is 11.9 Å². The monoisotopic (exact) mass is 409 g/mol. The molecule has 21 heavy (non-hydrogen) atoms. The van der Waals surface area contributed by atoms with Gasteiger partial charge in [0.2, 0.25) is 0 Å². The number of hydrogen-bond donors (Lipinski definition) is 2. The second-order valence-corrected chi connectivity index (χ2v) is 5.27. The standard InChI is InChI=1S/C13H13FINO5/c1-21-11(17)5-4-10(13(19)20)16-12(18)8-3-2-7(14)6-9(8)15/h2-3,6,10H,4-5H2,1H3,(H,16,18)(H,19,20). The van der Waals surface area contributed by atoms with Crippen LogP contribution in [0.1, 0.15) is 23.2 Å². The number of carbonyl (C=O) groups is 3. The zero-order valence-corrected chi connectivity index (χ0v) is 13.2. The van der Waals surface area contributed by atoms with Gasteiger partial charge in [0.05, 0.1) is 12.7 Å². The molecule has 1 unspecified atom stereocenters. The van der Waals surface area contributed by atoms with Crippen molar-refractivity contribution in [2.24, 2.45) is 0 Å². The van der Waals surface area contributed by atoms with Crippen molar-refractivity contribution < 1.29 is 28.6 Å². The molecular formula is C13H13FINO5. The fourth-order valence-electron chi connectivity index (χ4n) is 1.53. The van der Waals surface area contributed by atoms with E-state index in [-0.39, 0.29) is 18.4 Å². The van der Waals surface area contributed by atoms with Crippen LogP contribution in [0, 0.1) is 9.39 Å². The third kappa shape index (κ3) is 5.29. The Balaban J connectivity index is 2.76. The van der Waals surface area contributed by atoms with Crippen molar-refractivity contribution in [2.75, 3.05) is 7.11 Å². The third-order valence-corrected chi connectivity index (χ3v) is 3.54. The number of hydrogen-bond acceptors (Lipinski definition) is 4. The maximum atomic E-state index is 13.0. The number of aliphatic carboxylic acids is 1. The minimum absolute atomic E-state index is 0.0917. The van der Waals surface area contributed by atoms with Crippen molar-refractivity contribution in [3.8, 4) is 0 Å². The highest BCUT2D eigenvalue weighted by Crippen LogP contribution is 2.14. The first-order valence-corrected chi connectivity index (χ1v) is 6.98. The van der Waals surface area contributed by atoms with Crippen LogP contribution in [0.4, 0.5) is 4.39 Å². The van der Waals surface area contributed by atoms with Crippen LogP contribution in [0.2, 0.25) is 0 Å². The molecule has 0 aliphatic rings. The molecule has 8 heteroatoms. The largest absolute Gasteiger partial charge is 0.480 e. The summed E-state index contributed by atoms with van der Waals surface area (Å²) in [5, 5.41) is 11.3. The van der Waals surface area contributed by atoms with Crippen LogP contribution >= 0.6 is 22.6 Å². The van der Waals surface area contributed by atoms with E-state index in [0.717, 1.165) is 6.07 Å². The molecule has 0 aliphatic carbocycles. The Labute approximate surface area is 133 Å². The quantitative estimate of drug-likeness (QED) is 0.550. The highest BCUT2D eigenvalue weighted by Gasteiger charge is 2.22. The molecule has 114 valence electrons. The maximum absolute atomic E-state index is 13.0. The Morgan fingerprint density at radius 1 is 1.43 bits per heavy atom. The van der Waals surface area contributed by atoms with Crippen molar-refractivity contribution in [3.05, 3.63) is 33.1 Å². The van der Waals surface area contributed by atoms with Crippen molar-refractivity contribution >= 4 is 40.4 Å². The summed E-state index contributed by atoms with van der Waals surface area (Å²) in [4.78, 5) is 34.1. The Hall–Kier alpha value is -1.71. The molecule has 0 fully saturated rings. The first-order valence-electron chi connectivity index (χ1n) is 5.90. The number of carbonyl (C=O) groups excluding carboxylic acids is 2. The fourth-order valence-corrected chi connectivity index (χ4v) is 2.25. The van der Waals surface area contributed by atoms with Gasteiger partial charge in [-0.25, -0.2) is 9.18 Å². The number of amides is 1. The van der Waals surface area contributed by atoms with Gasteiger partial charge in [0.15, 0.2) is 0 Å². The Morgan fingerprint density at radius 3 is 2.62 bits per heavy atom. The summed E-state index contributed by atoms with van der Waals surface area (Å²) in [5.74, 6) is -2.95. The van der Waals surface area contributed by atoms with Crippen molar-refractivity contribution in [1.29, 1.82) is 0 Å². The van der Waals surface area contributed by atoms with Crippen LogP contribution in [0.3, 0.4) is 0 Å². The van der Waals surface area contributed by atoms with Crippen LogP contribution < -0.4 is 5.32 Å². The molecule has 0 spiro atoms. The number of rotatable bonds is 6. The van der Waals surface area contributed by atoms with Crippen LogP contribution in [0.25, 0.3) is 0 Å². The van der Waals surface area contributed by atoms with E-state index >= 15 is 0 Å². The van der Waals surface area contributed by atoms with Gasteiger partial charge in [-0.1, -0.05) is 0 Å². The van der Waals surface area contributed by atoms with Crippen molar-refractivity contribution in [1.82, 2.24) is 5.32 Å². The Morgan fingerprint density at radius 2 is 2.10 bits per heavy atom. The average molecular weight is 409 g/mol. The molecule has 1 aromatic carbocycles. The van der Waals surface area contributed by atoms with Crippen LogP contribution in [0.5, 0.6) is 0 Å². The van der Waals surface area contributed by atoms with E-state index in [1.54, 1.807) is 22.6 Å². The smallest absolute Gasteiger partial charge is 0.326 e. The number of ether oxygens (including phenoxy) is 1. The lowest BCUT2D eigenvalue weighted by atomic mass is 10.1. The normalized spacial score (nSPS) is 11.6. The molecule has 0 heterocycles. The average Bonchev–Trinajstić information content (AvgIpc) is 2.42. The SMILES string of the molecule is COC(=O)CCC(NC(=O)c1ccc(F)cc1I)C(=O)O. The minimum Gasteiger partial charge on any atom is -0.480 e. The number of halogens is 2. The molecule has 1 amide bonds. The predicted molar refractivity (Wildman–Crippen MR) is 79.3 cm³/mol.